The van der Waals surface area contributed by atoms with Crippen molar-refractivity contribution in [3.05, 3.63) is 12.7 Å². The van der Waals surface area contributed by atoms with E-state index in [1.165, 1.54) is 6.33 Å². The minimum atomic E-state index is -0.556. The smallest absolute Gasteiger partial charge is 0.165 e. The summed E-state index contributed by atoms with van der Waals surface area (Å²) in [5.74, 6) is 0.336. The van der Waals surface area contributed by atoms with E-state index < -0.39 is 6.10 Å². The quantitative estimate of drug-likeness (QED) is 0.590. The number of aromatic nitrogens is 4. The van der Waals surface area contributed by atoms with Gasteiger partial charge in [0.2, 0.25) is 0 Å². The van der Waals surface area contributed by atoms with Crippen LogP contribution in [0.2, 0.25) is 0 Å². The molecule has 2 rings (SSSR count). The van der Waals surface area contributed by atoms with Crippen molar-refractivity contribution in [3.8, 4) is 0 Å². The van der Waals surface area contributed by atoms with E-state index in [4.69, 9.17) is 20.7 Å². The third-order valence-corrected chi connectivity index (χ3v) is 2.52. The Morgan fingerprint density at radius 2 is 2.06 bits per heavy atom. The van der Waals surface area contributed by atoms with Crippen LogP contribution < -0.4 is 5.73 Å². The van der Waals surface area contributed by atoms with Gasteiger partial charge in [-0.15, -0.1) is 0 Å². The van der Waals surface area contributed by atoms with Gasteiger partial charge in [0.1, 0.15) is 17.9 Å². The molecule has 4 N–H and O–H groups in total. The van der Waals surface area contributed by atoms with Crippen LogP contribution in [0.3, 0.4) is 0 Å². The zero-order valence-electron chi connectivity index (χ0n) is 9.73. The molecule has 2 aromatic rings. The minimum absolute atomic E-state index is 0.212. The Kier molecular flexibility index (Phi) is 4.03. The summed E-state index contributed by atoms with van der Waals surface area (Å²) in [6.07, 6.45) is 2.42. The predicted octanol–water partition coefficient (Wildman–Crippen LogP) is -1.22. The molecule has 0 bridgehead atoms. The Morgan fingerprint density at radius 3 is 2.78 bits per heavy atom. The molecular formula is C10H15N5O3. The molecule has 0 spiro atoms. The summed E-state index contributed by atoms with van der Waals surface area (Å²) in [6, 6.07) is 0. The third-order valence-electron chi connectivity index (χ3n) is 2.52. The highest BCUT2D eigenvalue weighted by Gasteiger charge is 2.09. The van der Waals surface area contributed by atoms with Crippen LogP contribution in [0.25, 0.3) is 11.2 Å². The molecule has 0 unspecified atom stereocenters. The SMILES string of the molecule is Nc1ncnc2c1ncn2CCOC(CO)CO. The molecule has 0 saturated heterocycles. The van der Waals surface area contributed by atoms with Gasteiger partial charge in [-0.3, -0.25) is 0 Å². The lowest BCUT2D eigenvalue weighted by atomic mass is 10.4. The van der Waals surface area contributed by atoms with Gasteiger partial charge in [-0.05, 0) is 0 Å². The zero-order valence-corrected chi connectivity index (χ0v) is 9.73. The van der Waals surface area contributed by atoms with E-state index in [-0.39, 0.29) is 13.2 Å². The number of nitrogens with two attached hydrogens (primary N) is 1. The summed E-state index contributed by atoms with van der Waals surface area (Å²) in [6.45, 7) is 0.414. The van der Waals surface area contributed by atoms with Crippen molar-refractivity contribution in [2.75, 3.05) is 25.6 Å². The minimum Gasteiger partial charge on any atom is -0.394 e. The number of ether oxygens (including phenoxy) is 1. The van der Waals surface area contributed by atoms with E-state index in [0.717, 1.165) is 0 Å². The van der Waals surface area contributed by atoms with E-state index in [1.54, 1.807) is 10.9 Å². The number of hydrogen-bond donors (Lipinski definition) is 3. The molecule has 8 nitrogen and oxygen atoms in total. The fourth-order valence-corrected chi connectivity index (χ4v) is 1.54. The number of imidazole rings is 1. The molecule has 0 fully saturated rings. The summed E-state index contributed by atoms with van der Waals surface area (Å²) in [4.78, 5) is 12.1. The second-order valence-electron chi connectivity index (χ2n) is 3.73. The molecule has 2 aromatic heterocycles. The largest absolute Gasteiger partial charge is 0.394 e. The standard InChI is InChI=1S/C10H15N5O3/c11-9-8-10(13-5-12-9)15(6-14-8)1-2-18-7(3-16)4-17/h5-7,16-17H,1-4H2,(H2,11,12,13). The summed E-state index contributed by atoms with van der Waals surface area (Å²) >= 11 is 0. The van der Waals surface area contributed by atoms with Gasteiger partial charge < -0.3 is 25.3 Å². The Morgan fingerprint density at radius 1 is 1.28 bits per heavy atom. The second-order valence-corrected chi connectivity index (χ2v) is 3.73. The van der Waals surface area contributed by atoms with Crippen LogP contribution >= 0.6 is 0 Å². The van der Waals surface area contributed by atoms with Crippen LogP contribution in [0, 0.1) is 0 Å². The van der Waals surface area contributed by atoms with Crippen LogP contribution in [-0.4, -0.2) is 55.7 Å². The molecule has 8 heteroatoms. The van der Waals surface area contributed by atoms with Crippen molar-refractivity contribution in [2.45, 2.75) is 12.6 Å². The van der Waals surface area contributed by atoms with Crippen LogP contribution in [0.5, 0.6) is 0 Å². The Labute approximate surface area is 103 Å². The molecule has 0 aromatic carbocycles. The average molecular weight is 253 g/mol. The van der Waals surface area contributed by atoms with Crippen molar-refractivity contribution >= 4 is 17.0 Å². The van der Waals surface area contributed by atoms with Crippen LogP contribution in [-0.2, 0) is 11.3 Å². The number of aliphatic hydroxyl groups is 2. The summed E-state index contributed by atoms with van der Waals surface area (Å²) in [5, 5.41) is 17.7. The van der Waals surface area contributed by atoms with Crippen molar-refractivity contribution in [1.82, 2.24) is 19.5 Å². The number of hydrogen-bond acceptors (Lipinski definition) is 7. The average Bonchev–Trinajstić information content (AvgIpc) is 2.80. The van der Waals surface area contributed by atoms with Gasteiger partial charge >= 0.3 is 0 Å². The number of nitrogens with zero attached hydrogens (tertiary/aromatic N) is 4. The highest BCUT2D eigenvalue weighted by atomic mass is 16.5. The first kappa shape index (κ1) is 12.7. The van der Waals surface area contributed by atoms with Crippen molar-refractivity contribution in [2.24, 2.45) is 0 Å². The van der Waals surface area contributed by atoms with E-state index in [1.807, 2.05) is 0 Å². The molecular weight excluding hydrogens is 238 g/mol. The van der Waals surface area contributed by atoms with Gasteiger partial charge in [-0.2, -0.15) is 0 Å². The van der Waals surface area contributed by atoms with Gasteiger partial charge in [0.25, 0.3) is 0 Å². The fraction of sp³-hybridized carbons (Fsp3) is 0.500. The third kappa shape index (κ3) is 2.55. The fourth-order valence-electron chi connectivity index (χ4n) is 1.54. The first-order chi connectivity index (χ1) is 8.76. The highest BCUT2D eigenvalue weighted by Crippen LogP contribution is 2.13. The van der Waals surface area contributed by atoms with E-state index in [2.05, 4.69) is 15.0 Å². The lowest BCUT2D eigenvalue weighted by molar-refractivity contribution is -0.0221. The highest BCUT2D eigenvalue weighted by molar-refractivity contribution is 5.80. The number of aliphatic hydroxyl groups excluding tert-OH is 2. The van der Waals surface area contributed by atoms with Gasteiger partial charge in [0.15, 0.2) is 11.5 Å². The van der Waals surface area contributed by atoms with E-state index in [9.17, 15) is 0 Å². The van der Waals surface area contributed by atoms with E-state index >= 15 is 0 Å². The van der Waals surface area contributed by atoms with Gasteiger partial charge in [0.05, 0.1) is 26.1 Å². The molecule has 0 aliphatic heterocycles. The molecule has 0 amide bonds. The van der Waals surface area contributed by atoms with Crippen LogP contribution in [0.1, 0.15) is 0 Å². The van der Waals surface area contributed by atoms with Crippen molar-refractivity contribution in [3.63, 3.8) is 0 Å². The molecule has 0 radical (unpaired) electrons. The maximum absolute atomic E-state index is 8.85. The topological polar surface area (TPSA) is 119 Å². The Hall–Kier alpha value is -1.77. The Bertz CT molecular complexity index is 511. The number of rotatable bonds is 6. The monoisotopic (exact) mass is 253 g/mol. The molecule has 0 aliphatic rings. The second kappa shape index (κ2) is 5.71. The molecule has 2 heterocycles. The first-order valence-corrected chi connectivity index (χ1v) is 5.51. The number of anilines is 1. The van der Waals surface area contributed by atoms with Crippen LogP contribution in [0.4, 0.5) is 5.82 Å². The molecule has 98 valence electrons. The summed E-state index contributed by atoms with van der Waals surface area (Å²) < 4.78 is 7.05. The van der Waals surface area contributed by atoms with Crippen molar-refractivity contribution in [1.29, 1.82) is 0 Å². The number of nitrogen functional groups attached to an aromatic ring is 1. The first-order valence-electron chi connectivity index (χ1n) is 5.51. The van der Waals surface area contributed by atoms with Gasteiger partial charge in [-0.25, -0.2) is 15.0 Å². The maximum atomic E-state index is 8.85. The van der Waals surface area contributed by atoms with Gasteiger partial charge in [-0.1, -0.05) is 0 Å². The maximum Gasteiger partial charge on any atom is 0.165 e. The Balaban J connectivity index is 2.02. The van der Waals surface area contributed by atoms with Crippen LogP contribution in [0.15, 0.2) is 12.7 Å². The molecule has 18 heavy (non-hydrogen) atoms. The van der Waals surface area contributed by atoms with E-state index in [0.29, 0.717) is 30.1 Å². The normalized spacial score (nSPS) is 11.5. The summed E-state index contributed by atoms with van der Waals surface area (Å²) in [5.41, 5.74) is 6.85. The molecule has 0 saturated carbocycles. The zero-order chi connectivity index (χ0) is 13.0. The predicted molar refractivity (Wildman–Crippen MR) is 63.6 cm³/mol. The van der Waals surface area contributed by atoms with Gasteiger partial charge in [0, 0.05) is 6.54 Å². The summed E-state index contributed by atoms with van der Waals surface area (Å²) in [7, 11) is 0. The molecule has 0 atom stereocenters. The van der Waals surface area contributed by atoms with Crippen molar-refractivity contribution < 1.29 is 14.9 Å². The lowest BCUT2D eigenvalue weighted by Crippen LogP contribution is -2.23. The number of fused-ring (bicyclic) bond motifs is 1. The molecule has 0 aliphatic carbocycles. The lowest BCUT2D eigenvalue weighted by Gasteiger charge is -2.12.